The van der Waals surface area contributed by atoms with Gasteiger partial charge in [-0.1, -0.05) is 27.7 Å². The van der Waals surface area contributed by atoms with Crippen LogP contribution in [0.1, 0.15) is 50.8 Å². The minimum Gasteiger partial charge on any atom is -0.492 e. The number of anilines is 1. The van der Waals surface area contributed by atoms with E-state index in [1.807, 2.05) is 0 Å². The van der Waals surface area contributed by atoms with Crippen LogP contribution < -0.4 is 10.1 Å². The van der Waals surface area contributed by atoms with E-state index in [1.165, 1.54) is 10.4 Å². The topological polar surface area (TPSA) is 104 Å². The van der Waals surface area contributed by atoms with E-state index in [0.717, 1.165) is 12.1 Å². The number of benzene rings is 1. The third-order valence-electron chi connectivity index (χ3n) is 4.32. The molecule has 1 heterocycles. The second-order valence-corrected chi connectivity index (χ2v) is 8.92. The van der Waals surface area contributed by atoms with Crippen molar-refractivity contribution in [2.24, 2.45) is 5.92 Å². The number of nitrogens with zero attached hydrogens (tertiary/aromatic N) is 2. The normalized spacial score (nSPS) is 11.8. The Hall–Kier alpha value is -2.39. The Morgan fingerprint density at radius 1 is 1.21 bits per heavy atom. The number of ether oxygens (including phenoxy) is 1. The van der Waals surface area contributed by atoms with Crippen LogP contribution in [0, 0.1) is 5.92 Å². The molecule has 0 radical (unpaired) electrons. The smallest absolute Gasteiger partial charge is 0.276 e. The Kier molecular flexibility index (Phi) is 7.80. The van der Waals surface area contributed by atoms with Crippen molar-refractivity contribution in [2.45, 2.75) is 45.9 Å². The molecule has 2 N–H and O–H groups in total. The van der Waals surface area contributed by atoms with Crippen LogP contribution in [0.15, 0.2) is 29.2 Å². The van der Waals surface area contributed by atoms with Crippen LogP contribution in [0.2, 0.25) is 0 Å². The van der Waals surface area contributed by atoms with Gasteiger partial charge in [-0.05, 0) is 43.5 Å². The number of sulfonamides is 1. The average Bonchev–Trinajstić information content (AvgIpc) is 3.11. The predicted octanol–water partition coefficient (Wildman–Crippen LogP) is 3.29. The first-order valence-corrected chi connectivity index (χ1v) is 11.3. The molecule has 9 heteroatoms. The van der Waals surface area contributed by atoms with Gasteiger partial charge in [0.1, 0.15) is 10.6 Å². The molecule has 8 nitrogen and oxygen atoms in total. The highest BCUT2D eigenvalue weighted by Crippen LogP contribution is 2.30. The van der Waals surface area contributed by atoms with Crippen LogP contribution in [0.25, 0.3) is 0 Å². The van der Waals surface area contributed by atoms with Crippen molar-refractivity contribution < 1.29 is 17.9 Å². The van der Waals surface area contributed by atoms with Crippen molar-refractivity contribution in [3.05, 3.63) is 35.7 Å². The van der Waals surface area contributed by atoms with Gasteiger partial charge in [0.25, 0.3) is 5.91 Å². The maximum Gasteiger partial charge on any atom is 0.276 e. The molecule has 29 heavy (non-hydrogen) atoms. The number of nitrogens with one attached hydrogen (secondary N) is 2. The van der Waals surface area contributed by atoms with Crippen molar-refractivity contribution in [1.29, 1.82) is 0 Å². The van der Waals surface area contributed by atoms with E-state index >= 15 is 0 Å². The van der Waals surface area contributed by atoms with Gasteiger partial charge < -0.3 is 10.1 Å². The van der Waals surface area contributed by atoms with Gasteiger partial charge in [-0.25, -0.2) is 8.42 Å². The van der Waals surface area contributed by atoms with Crippen LogP contribution in [-0.4, -0.2) is 48.5 Å². The van der Waals surface area contributed by atoms with E-state index < -0.39 is 15.9 Å². The number of carbonyl (C=O) groups is 1. The number of hydrogen-bond acceptors (Lipinski definition) is 5. The monoisotopic (exact) mass is 422 g/mol. The first-order chi connectivity index (χ1) is 13.7. The summed E-state index contributed by atoms with van der Waals surface area (Å²) in [6.45, 7) is 10.5. The Balaban J connectivity index is 2.32. The van der Waals surface area contributed by atoms with Crippen LogP contribution in [-0.2, 0) is 16.4 Å². The molecule has 0 unspecified atom stereocenters. The second kappa shape index (κ2) is 9.89. The first kappa shape index (κ1) is 22.9. The molecule has 0 saturated heterocycles. The highest BCUT2D eigenvalue weighted by molar-refractivity contribution is 7.89. The number of amides is 1. The zero-order valence-electron chi connectivity index (χ0n) is 17.7. The fraction of sp³-hybridized carbons (Fsp3) is 0.500. The Morgan fingerprint density at radius 3 is 2.48 bits per heavy atom. The van der Waals surface area contributed by atoms with Gasteiger partial charge in [-0.3, -0.25) is 9.89 Å². The summed E-state index contributed by atoms with van der Waals surface area (Å²) in [5.41, 5.74) is 1.49. The number of aromatic nitrogens is 2. The van der Waals surface area contributed by atoms with E-state index in [9.17, 15) is 13.2 Å². The molecule has 1 aromatic heterocycles. The molecule has 0 atom stereocenters. The Labute approximate surface area is 172 Å². The van der Waals surface area contributed by atoms with E-state index in [2.05, 4.69) is 29.4 Å². The molecule has 0 bridgehead atoms. The molecule has 1 aromatic carbocycles. The lowest BCUT2D eigenvalue weighted by Gasteiger charge is -2.21. The molecular formula is C20H30N4O4S. The summed E-state index contributed by atoms with van der Waals surface area (Å²) in [5, 5.41) is 9.63. The zero-order valence-corrected chi connectivity index (χ0v) is 18.5. The third-order valence-corrected chi connectivity index (χ3v) is 6.39. The SMILES string of the molecule is CCOc1ccc(NC(=O)c2cc(CC(C)C)[nH]n2)cc1S(=O)(=O)N(CC)CC. The number of carbonyl (C=O) groups excluding carboxylic acids is 1. The molecule has 0 aliphatic heterocycles. The summed E-state index contributed by atoms with van der Waals surface area (Å²) in [6, 6.07) is 6.31. The maximum absolute atomic E-state index is 13.0. The summed E-state index contributed by atoms with van der Waals surface area (Å²) in [5.74, 6) is 0.285. The zero-order chi connectivity index (χ0) is 21.6. The van der Waals surface area contributed by atoms with Crippen molar-refractivity contribution in [3.63, 3.8) is 0 Å². The lowest BCUT2D eigenvalue weighted by atomic mass is 10.1. The van der Waals surface area contributed by atoms with E-state index in [-0.39, 0.29) is 16.3 Å². The molecule has 160 valence electrons. The Bertz CT molecular complexity index is 934. The summed E-state index contributed by atoms with van der Waals surface area (Å²) < 4.78 is 32.9. The van der Waals surface area contributed by atoms with Crippen LogP contribution >= 0.6 is 0 Å². The fourth-order valence-corrected chi connectivity index (χ4v) is 4.60. The Morgan fingerprint density at radius 2 is 1.90 bits per heavy atom. The van der Waals surface area contributed by atoms with Crippen molar-refractivity contribution in [3.8, 4) is 5.75 Å². The summed E-state index contributed by atoms with van der Waals surface area (Å²) in [6.07, 6.45) is 0.787. The number of H-pyrrole nitrogens is 1. The summed E-state index contributed by atoms with van der Waals surface area (Å²) in [4.78, 5) is 12.6. The highest BCUT2D eigenvalue weighted by Gasteiger charge is 2.26. The molecule has 0 aliphatic rings. The summed E-state index contributed by atoms with van der Waals surface area (Å²) in [7, 11) is -3.75. The predicted molar refractivity (Wildman–Crippen MR) is 113 cm³/mol. The number of hydrogen-bond donors (Lipinski definition) is 2. The van der Waals surface area contributed by atoms with E-state index in [4.69, 9.17) is 4.74 Å². The minimum absolute atomic E-state index is 0.0309. The van der Waals surface area contributed by atoms with Crippen molar-refractivity contribution in [2.75, 3.05) is 25.0 Å². The van der Waals surface area contributed by atoms with Gasteiger partial charge in [-0.15, -0.1) is 0 Å². The van der Waals surface area contributed by atoms with Crippen molar-refractivity contribution in [1.82, 2.24) is 14.5 Å². The lowest BCUT2D eigenvalue weighted by Crippen LogP contribution is -2.31. The number of rotatable bonds is 10. The molecule has 2 rings (SSSR count). The highest BCUT2D eigenvalue weighted by atomic mass is 32.2. The summed E-state index contributed by atoms with van der Waals surface area (Å²) >= 11 is 0. The minimum atomic E-state index is -3.75. The molecule has 2 aromatic rings. The molecular weight excluding hydrogens is 392 g/mol. The largest absolute Gasteiger partial charge is 0.492 e. The van der Waals surface area contributed by atoms with Gasteiger partial charge >= 0.3 is 0 Å². The van der Waals surface area contributed by atoms with Gasteiger partial charge in [0.05, 0.1) is 6.61 Å². The van der Waals surface area contributed by atoms with Crippen molar-refractivity contribution >= 4 is 21.6 Å². The van der Waals surface area contributed by atoms with Crippen LogP contribution in [0.3, 0.4) is 0 Å². The number of aromatic amines is 1. The fourth-order valence-electron chi connectivity index (χ4n) is 2.98. The van der Waals surface area contributed by atoms with E-state index in [0.29, 0.717) is 31.3 Å². The van der Waals surface area contributed by atoms with E-state index in [1.54, 1.807) is 39.0 Å². The van der Waals surface area contributed by atoms with Gasteiger partial charge in [0.15, 0.2) is 5.69 Å². The molecule has 0 aliphatic carbocycles. The molecule has 1 amide bonds. The first-order valence-electron chi connectivity index (χ1n) is 9.85. The average molecular weight is 423 g/mol. The third kappa shape index (κ3) is 5.57. The van der Waals surface area contributed by atoms with Crippen LogP contribution in [0.5, 0.6) is 5.75 Å². The van der Waals surface area contributed by atoms with Crippen LogP contribution in [0.4, 0.5) is 5.69 Å². The van der Waals surface area contributed by atoms with Gasteiger partial charge in [0.2, 0.25) is 10.0 Å². The standard InChI is InChI=1S/C20H30N4O4S/c1-6-24(7-2)29(26,27)19-13-15(9-10-18(19)28-8-3)21-20(25)17-12-16(22-23-17)11-14(4)5/h9-10,12-14H,6-8,11H2,1-5H3,(H,21,25)(H,22,23). The molecule has 0 saturated carbocycles. The molecule has 0 fully saturated rings. The van der Waals surface area contributed by atoms with Gasteiger partial charge in [-0.2, -0.15) is 9.40 Å². The van der Waals surface area contributed by atoms with Gasteiger partial charge in [0, 0.05) is 24.5 Å². The molecule has 0 spiro atoms. The lowest BCUT2D eigenvalue weighted by molar-refractivity contribution is 0.102. The quantitative estimate of drug-likeness (QED) is 0.611. The second-order valence-electron chi connectivity index (χ2n) is 7.01. The maximum atomic E-state index is 13.0.